The predicted molar refractivity (Wildman–Crippen MR) is 75.8 cm³/mol. The number of rotatable bonds is 3. The minimum Gasteiger partial charge on any atom is -0.489 e. The van der Waals surface area contributed by atoms with Gasteiger partial charge in [0, 0.05) is 4.47 Å². The SMILES string of the molecule is N#Cc1cc(Br)cc(OCc2ccc3c(c2)OCO3)c1. The van der Waals surface area contributed by atoms with Crippen LogP contribution in [0.4, 0.5) is 0 Å². The van der Waals surface area contributed by atoms with Crippen LogP contribution in [-0.2, 0) is 6.61 Å². The number of ether oxygens (including phenoxy) is 3. The molecule has 0 N–H and O–H groups in total. The lowest BCUT2D eigenvalue weighted by Gasteiger charge is -2.08. The first-order chi connectivity index (χ1) is 9.74. The van der Waals surface area contributed by atoms with Gasteiger partial charge in [-0.15, -0.1) is 0 Å². The molecule has 2 aromatic carbocycles. The molecule has 0 aliphatic carbocycles. The van der Waals surface area contributed by atoms with Crippen molar-refractivity contribution in [3.63, 3.8) is 0 Å². The van der Waals surface area contributed by atoms with E-state index in [0.29, 0.717) is 17.9 Å². The van der Waals surface area contributed by atoms with Gasteiger partial charge in [0.2, 0.25) is 6.79 Å². The Hall–Kier alpha value is -2.19. The Morgan fingerprint density at radius 3 is 2.85 bits per heavy atom. The van der Waals surface area contributed by atoms with Crippen molar-refractivity contribution in [2.45, 2.75) is 6.61 Å². The van der Waals surface area contributed by atoms with Gasteiger partial charge in [0.25, 0.3) is 0 Å². The van der Waals surface area contributed by atoms with Gasteiger partial charge in [0.05, 0.1) is 11.6 Å². The van der Waals surface area contributed by atoms with Crippen LogP contribution in [0.25, 0.3) is 0 Å². The van der Waals surface area contributed by atoms with E-state index in [4.69, 9.17) is 19.5 Å². The number of fused-ring (bicyclic) bond motifs is 1. The molecule has 0 unspecified atom stereocenters. The molecule has 3 rings (SSSR count). The Morgan fingerprint density at radius 1 is 1.15 bits per heavy atom. The summed E-state index contributed by atoms with van der Waals surface area (Å²) in [7, 11) is 0. The molecule has 4 nitrogen and oxygen atoms in total. The molecule has 20 heavy (non-hydrogen) atoms. The molecule has 100 valence electrons. The molecule has 1 heterocycles. The van der Waals surface area contributed by atoms with Gasteiger partial charge in [0.15, 0.2) is 11.5 Å². The Kier molecular flexibility index (Phi) is 3.48. The standard InChI is InChI=1S/C15H10BrNO3/c16-12-3-11(7-17)4-13(6-12)18-8-10-1-2-14-15(5-10)20-9-19-14/h1-6H,8-9H2. The molecule has 0 radical (unpaired) electrons. The third-order valence-corrected chi connectivity index (χ3v) is 3.30. The summed E-state index contributed by atoms with van der Waals surface area (Å²) in [5, 5.41) is 8.92. The topological polar surface area (TPSA) is 51.5 Å². The molecule has 0 bridgehead atoms. The minimum absolute atomic E-state index is 0.261. The van der Waals surface area contributed by atoms with E-state index in [9.17, 15) is 0 Å². The van der Waals surface area contributed by atoms with E-state index in [1.807, 2.05) is 24.3 Å². The zero-order valence-corrected chi connectivity index (χ0v) is 12.0. The molecule has 0 saturated carbocycles. The molecule has 2 aromatic rings. The first-order valence-corrected chi connectivity index (χ1v) is 6.76. The van der Waals surface area contributed by atoms with Crippen LogP contribution in [0.1, 0.15) is 11.1 Å². The summed E-state index contributed by atoms with van der Waals surface area (Å²) >= 11 is 3.35. The monoisotopic (exact) mass is 331 g/mol. The van der Waals surface area contributed by atoms with Crippen LogP contribution in [0.5, 0.6) is 17.2 Å². The van der Waals surface area contributed by atoms with Crippen LogP contribution < -0.4 is 14.2 Å². The maximum atomic E-state index is 8.92. The van der Waals surface area contributed by atoms with Crippen molar-refractivity contribution in [3.05, 3.63) is 52.0 Å². The van der Waals surface area contributed by atoms with Crippen LogP contribution in [0.3, 0.4) is 0 Å². The minimum atomic E-state index is 0.261. The number of halogens is 1. The third-order valence-electron chi connectivity index (χ3n) is 2.84. The van der Waals surface area contributed by atoms with Gasteiger partial charge in [0.1, 0.15) is 12.4 Å². The van der Waals surface area contributed by atoms with Crippen molar-refractivity contribution in [1.82, 2.24) is 0 Å². The van der Waals surface area contributed by atoms with Crippen LogP contribution >= 0.6 is 15.9 Å². The van der Waals surface area contributed by atoms with E-state index in [-0.39, 0.29) is 6.79 Å². The molecule has 0 spiro atoms. The van der Waals surface area contributed by atoms with Crippen molar-refractivity contribution in [2.75, 3.05) is 6.79 Å². The van der Waals surface area contributed by atoms with Gasteiger partial charge < -0.3 is 14.2 Å². The van der Waals surface area contributed by atoms with Crippen molar-refractivity contribution in [3.8, 4) is 23.3 Å². The number of nitriles is 1. The van der Waals surface area contributed by atoms with Crippen molar-refractivity contribution in [2.24, 2.45) is 0 Å². The molecule has 1 aliphatic heterocycles. The second-order valence-electron chi connectivity index (χ2n) is 4.26. The van der Waals surface area contributed by atoms with Crippen LogP contribution in [0, 0.1) is 11.3 Å². The Labute approximate surface area is 124 Å². The highest BCUT2D eigenvalue weighted by Crippen LogP contribution is 2.33. The van der Waals surface area contributed by atoms with Crippen molar-refractivity contribution < 1.29 is 14.2 Å². The van der Waals surface area contributed by atoms with E-state index in [1.54, 1.807) is 12.1 Å². The molecule has 0 fully saturated rings. The van der Waals surface area contributed by atoms with Gasteiger partial charge in [-0.2, -0.15) is 5.26 Å². The average molecular weight is 332 g/mol. The molecule has 0 atom stereocenters. The second-order valence-corrected chi connectivity index (χ2v) is 5.18. The van der Waals surface area contributed by atoms with E-state index in [1.165, 1.54) is 0 Å². The maximum absolute atomic E-state index is 8.92. The number of benzene rings is 2. The molecular formula is C15H10BrNO3. The summed E-state index contributed by atoms with van der Waals surface area (Å²) in [5.41, 5.74) is 1.53. The number of hydrogen-bond donors (Lipinski definition) is 0. The summed E-state index contributed by atoms with van der Waals surface area (Å²) in [6.07, 6.45) is 0. The first-order valence-electron chi connectivity index (χ1n) is 5.96. The molecule has 1 aliphatic rings. The molecule has 0 saturated heterocycles. The van der Waals surface area contributed by atoms with Crippen LogP contribution in [-0.4, -0.2) is 6.79 Å². The van der Waals surface area contributed by atoms with Gasteiger partial charge in [-0.05, 0) is 35.9 Å². The summed E-state index contributed by atoms with van der Waals surface area (Å²) in [5.74, 6) is 2.13. The second kappa shape index (κ2) is 5.43. The summed E-state index contributed by atoms with van der Waals surface area (Å²) < 4.78 is 17.1. The van der Waals surface area contributed by atoms with Crippen molar-refractivity contribution >= 4 is 15.9 Å². The van der Waals surface area contributed by atoms with E-state index in [0.717, 1.165) is 21.5 Å². The van der Waals surface area contributed by atoms with E-state index < -0.39 is 0 Å². The Bertz CT molecular complexity index is 694. The highest BCUT2D eigenvalue weighted by atomic mass is 79.9. The van der Waals surface area contributed by atoms with Gasteiger partial charge >= 0.3 is 0 Å². The molecular weight excluding hydrogens is 322 g/mol. The fraction of sp³-hybridized carbons (Fsp3) is 0.133. The Balaban J connectivity index is 1.73. The lowest BCUT2D eigenvalue weighted by Crippen LogP contribution is -1.96. The molecule has 5 heteroatoms. The fourth-order valence-electron chi connectivity index (χ4n) is 1.91. The zero-order valence-electron chi connectivity index (χ0n) is 10.4. The van der Waals surface area contributed by atoms with Gasteiger partial charge in [-0.3, -0.25) is 0 Å². The number of hydrogen-bond acceptors (Lipinski definition) is 4. The van der Waals surface area contributed by atoms with E-state index >= 15 is 0 Å². The average Bonchev–Trinajstić information content (AvgIpc) is 2.92. The predicted octanol–water partition coefficient (Wildman–Crippen LogP) is 3.63. The van der Waals surface area contributed by atoms with Crippen molar-refractivity contribution in [1.29, 1.82) is 5.26 Å². The first kappa shape index (κ1) is 12.8. The fourth-order valence-corrected chi connectivity index (χ4v) is 2.38. The Morgan fingerprint density at radius 2 is 2.00 bits per heavy atom. The normalized spacial score (nSPS) is 12.0. The molecule has 0 amide bonds. The maximum Gasteiger partial charge on any atom is 0.231 e. The number of nitrogens with zero attached hydrogens (tertiary/aromatic N) is 1. The van der Waals surface area contributed by atoms with E-state index in [2.05, 4.69) is 22.0 Å². The third kappa shape index (κ3) is 2.70. The summed E-state index contributed by atoms with van der Waals surface area (Å²) in [6.45, 7) is 0.661. The zero-order chi connectivity index (χ0) is 13.9. The lowest BCUT2D eigenvalue weighted by atomic mass is 10.2. The highest BCUT2D eigenvalue weighted by Gasteiger charge is 2.13. The van der Waals surface area contributed by atoms with Gasteiger partial charge in [-0.25, -0.2) is 0 Å². The largest absolute Gasteiger partial charge is 0.489 e. The van der Waals surface area contributed by atoms with Gasteiger partial charge in [-0.1, -0.05) is 22.0 Å². The highest BCUT2D eigenvalue weighted by molar-refractivity contribution is 9.10. The summed E-state index contributed by atoms with van der Waals surface area (Å²) in [6, 6.07) is 13.1. The summed E-state index contributed by atoms with van der Waals surface area (Å²) in [4.78, 5) is 0. The van der Waals surface area contributed by atoms with Crippen LogP contribution in [0.2, 0.25) is 0 Å². The molecule has 0 aromatic heterocycles. The van der Waals surface area contributed by atoms with Crippen LogP contribution in [0.15, 0.2) is 40.9 Å². The quantitative estimate of drug-likeness (QED) is 0.861. The smallest absolute Gasteiger partial charge is 0.231 e. The lowest BCUT2D eigenvalue weighted by molar-refractivity contribution is 0.174.